The Labute approximate surface area is 310 Å². The zero-order valence-electron chi connectivity index (χ0n) is 29.6. The first kappa shape index (κ1) is 31.3. The van der Waals surface area contributed by atoms with Crippen LogP contribution in [0, 0.1) is 0 Å². The van der Waals surface area contributed by atoms with Crippen molar-refractivity contribution >= 4 is 40.0 Å². The molecule has 0 aliphatic carbocycles. The largest absolute Gasteiger partial charge is 0.208 e. The topological polar surface area (TPSA) is 38.7 Å². The highest BCUT2D eigenvalue weighted by molar-refractivity contribution is 7.04. The Morgan fingerprint density at radius 2 is 0.868 bits per heavy atom. The Morgan fingerprint density at radius 3 is 1.66 bits per heavy atom. The maximum atomic E-state index is 5.25. The molecule has 53 heavy (non-hydrogen) atoms. The molecule has 3 nitrogen and oxygen atoms in total. The third-order valence-corrected chi connectivity index (χ3v) is 14.5. The Hall–Kier alpha value is -6.49. The van der Waals surface area contributed by atoms with Gasteiger partial charge >= 0.3 is 0 Å². The van der Waals surface area contributed by atoms with Crippen LogP contribution < -0.4 is 10.4 Å². The van der Waals surface area contributed by atoms with Crippen molar-refractivity contribution in [2.45, 2.75) is 13.1 Å². The second kappa shape index (κ2) is 12.3. The molecule has 0 atom stereocenters. The van der Waals surface area contributed by atoms with Gasteiger partial charge in [0.05, 0.1) is 0 Å². The van der Waals surface area contributed by atoms with Crippen LogP contribution in [0.15, 0.2) is 176 Å². The molecule has 1 aromatic heterocycles. The lowest BCUT2D eigenvalue weighted by molar-refractivity contribution is 1.07. The molecule has 0 unspecified atom stereocenters. The molecule has 0 N–H and O–H groups in total. The van der Waals surface area contributed by atoms with Gasteiger partial charge in [-0.1, -0.05) is 183 Å². The van der Waals surface area contributed by atoms with E-state index in [1.807, 2.05) is 6.07 Å². The summed E-state index contributed by atoms with van der Waals surface area (Å²) in [6.45, 7) is 4.93. The molecule has 1 aliphatic rings. The monoisotopic (exact) mass is 693 g/mol. The lowest BCUT2D eigenvalue weighted by Gasteiger charge is -2.19. The minimum atomic E-state index is -1.90. The SMILES string of the molecule is C[Si]1(C)c2ccc(-c3nc(-c4ccc(-c5cccc6ccccc56)cc4)nc(-c4ccccc4-c4ccccc4)n3)cc2-c2c1ccc1ccccc21. The minimum Gasteiger partial charge on any atom is -0.208 e. The number of aromatic nitrogens is 3. The van der Waals surface area contributed by atoms with Crippen molar-refractivity contribution in [2.24, 2.45) is 0 Å². The molecule has 8 aromatic carbocycles. The van der Waals surface area contributed by atoms with Crippen LogP contribution in [0.1, 0.15) is 0 Å². The molecular formula is C49H35N3Si. The minimum absolute atomic E-state index is 0.651. The van der Waals surface area contributed by atoms with Gasteiger partial charge < -0.3 is 0 Å². The van der Waals surface area contributed by atoms with Crippen LogP contribution in [0.2, 0.25) is 13.1 Å². The molecule has 2 heterocycles. The first-order chi connectivity index (χ1) is 26.0. The summed E-state index contributed by atoms with van der Waals surface area (Å²) in [5, 5.41) is 7.99. The fourth-order valence-corrected chi connectivity index (χ4v) is 11.3. The van der Waals surface area contributed by atoms with Gasteiger partial charge in [-0.15, -0.1) is 0 Å². The first-order valence-electron chi connectivity index (χ1n) is 18.2. The maximum Gasteiger partial charge on any atom is 0.164 e. The van der Waals surface area contributed by atoms with E-state index in [-0.39, 0.29) is 0 Å². The highest BCUT2D eigenvalue weighted by Gasteiger charge is 2.38. The van der Waals surface area contributed by atoms with Gasteiger partial charge in [0.2, 0.25) is 0 Å². The molecule has 4 heteroatoms. The van der Waals surface area contributed by atoms with E-state index in [9.17, 15) is 0 Å². The van der Waals surface area contributed by atoms with E-state index in [0.717, 1.165) is 33.4 Å². The normalized spacial score (nSPS) is 12.9. The summed E-state index contributed by atoms with van der Waals surface area (Å²) in [4.78, 5) is 15.7. The number of benzene rings is 8. The molecule has 0 spiro atoms. The summed E-state index contributed by atoms with van der Waals surface area (Å²) in [5.74, 6) is 1.98. The smallest absolute Gasteiger partial charge is 0.164 e. The third-order valence-electron chi connectivity index (χ3n) is 11.0. The first-order valence-corrected chi connectivity index (χ1v) is 21.2. The summed E-state index contributed by atoms with van der Waals surface area (Å²) >= 11 is 0. The molecule has 0 bridgehead atoms. The van der Waals surface area contributed by atoms with Crippen LogP contribution in [0.4, 0.5) is 0 Å². The van der Waals surface area contributed by atoms with Crippen LogP contribution in [-0.4, -0.2) is 23.0 Å². The van der Waals surface area contributed by atoms with Gasteiger partial charge in [-0.3, -0.25) is 0 Å². The predicted octanol–water partition coefficient (Wildman–Crippen LogP) is 11.3. The van der Waals surface area contributed by atoms with Crippen molar-refractivity contribution in [2.75, 3.05) is 0 Å². The summed E-state index contributed by atoms with van der Waals surface area (Å²) in [5.41, 5.74) is 10.2. The van der Waals surface area contributed by atoms with Gasteiger partial charge in [-0.25, -0.2) is 15.0 Å². The van der Waals surface area contributed by atoms with E-state index in [4.69, 9.17) is 15.0 Å². The molecule has 0 radical (unpaired) electrons. The molecule has 1 aliphatic heterocycles. The average Bonchev–Trinajstić information content (AvgIpc) is 3.46. The molecule has 0 saturated heterocycles. The molecule has 0 saturated carbocycles. The van der Waals surface area contributed by atoms with Gasteiger partial charge in [-0.2, -0.15) is 0 Å². The Balaban J connectivity index is 1.15. The van der Waals surface area contributed by atoms with Crippen LogP contribution in [-0.2, 0) is 0 Å². The number of rotatable bonds is 5. The molecule has 0 amide bonds. The van der Waals surface area contributed by atoms with E-state index in [2.05, 4.69) is 183 Å². The Kier molecular flexibility index (Phi) is 7.27. The molecule has 250 valence electrons. The fraction of sp³-hybridized carbons (Fsp3) is 0.0408. The van der Waals surface area contributed by atoms with Crippen molar-refractivity contribution in [3.8, 4) is 67.5 Å². The summed E-state index contributed by atoms with van der Waals surface area (Å²) in [6.07, 6.45) is 0. The number of hydrogen-bond donors (Lipinski definition) is 0. The van der Waals surface area contributed by atoms with Gasteiger partial charge in [0.1, 0.15) is 8.07 Å². The number of nitrogens with zero attached hydrogens (tertiary/aromatic N) is 3. The summed E-state index contributed by atoms with van der Waals surface area (Å²) in [7, 11) is -1.90. The third kappa shape index (κ3) is 5.22. The van der Waals surface area contributed by atoms with Crippen molar-refractivity contribution in [1.82, 2.24) is 15.0 Å². The fourth-order valence-electron chi connectivity index (χ4n) is 8.24. The van der Waals surface area contributed by atoms with Crippen LogP contribution in [0.25, 0.3) is 89.1 Å². The van der Waals surface area contributed by atoms with E-state index in [1.165, 1.54) is 48.6 Å². The van der Waals surface area contributed by atoms with Crippen LogP contribution >= 0.6 is 0 Å². The standard InChI is InChI=1S/C49H35N3Si/c1-53(2)44-29-28-37(31-43(44)46-41-20-9-7-16-34(41)27-30-45(46)53)48-50-47(51-49(52-48)42-21-11-10-19-40(42)32-13-4-3-5-14-32)36-25-23-35(24-26-36)39-22-12-17-33-15-6-8-18-38(33)39/h3-31H,1-2H3. The molecule has 9 aromatic rings. The van der Waals surface area contributed by atoms with E-state index < -0.39 is 8.07 Å². The maximum absolute atomic E-state index is 5.25. The Bertz CT molecular complexity index is 2850. The van der Waals surface area contributed by atoms with Crippen molar-refractivity contribution in [3.63, 3.8) is 0 Å². The van der Waals surface area contributed by atoms with Crippen molar-refractivity contribution in [3.05, 3.63) is 176 Å². The Morgan fingerprint density at radius 1 is 0.340 bits per heavy atom. The second-order valence-electron chi connectivity index (χ2n) is 14.4. The molecule has 0 fully saturated rings. The highest BCUT2D eigenvalue weighted by atomic mass is 28.3. The molecular weight excluding hydrogens is 659 g/mol. The number of hydrogen-bond acceptors (Lipinski definition) is 3. The van der Waals surface area contributed by atoms with Crippen molar-refractivity contribution < 1.29 is 0 Å². The average molecular weight is 694 g/mol. The lowest BCUT2D eigenvalue weighted by atomic mass is 9.96. The number of fused-ring (bicyclic) bond motifs is 6. The summed E-state index contributed by atoms with van der Waals surface area (Å²) < 4.78 is 0. The van der Waals surface area contributed by atoms with Gasteiger partial charge in [0.25, 0.3) is 0 Å². The molecule has 10 rings (SSSR count). The van der Waals surface area contributed by atoms with E-state index in [0.29, 0.717) is 17.5 Å². The van der Waals surface area contributed by atoms with Crippen molar-refractivity contribution in [1.29, 1.82) is 0 Å². The second-order valence-corrected chi connectivity index (χ2v) is 18.7. The van der Waals surface area contributed by atoms with Crippen LogP contribution in [0.5, 0.6) is 0 Å². The van der Waals surface area contributed by atoms with Gasteiger partial charge in [-0.05, 0) is 71.4 Å². The summed E-state index contributed by atoms with van der Waals surface area (Å²) in [6, 6.07) is 62.9. The quantitative estimate of drug-likeness (QED) is 0.168. The van der Waals surface area contributed by atoms with E-state index in [1.54, 1.807) is 0 Å². The zero-order valence-corrected chi connectivity index (χ0v) is 30.6. The van der Waals surface area contributed by atoms with Gasteiger partial charge in [0.15, 0.2) is 17.5 Å². The van der Waals surface area contributed by atoms with Gasteiger partial charge in [0, 0.05) is 16.7 Å². The van der Waals surface area contributed by atoms with E-state index >= 15 is 0 Å². The zero-order chi connectivity index (χ0) is 35.5. The predicted molar refractivity (Wildman–Crippen MR) is 224 cm³/mol. The van der Waals surface area contributed by atoms with Crippen LogP contribution in [0.3, 0.4) is 0 Å². The highest BCUT2D eigenvalue weighted by Crippen LogP contribution is 2.38. The lowest BCUT2D eigenvalue weighted by Crippen LogP contribution is -2.49.